The van der Waals surface area contributed by atoms with Gasteiger partial charge < -0.3 is 14.9 Å². The molecule has 0 aliphatic heterocycles. The Morgan fingerprint density at radius 3 is 2.42 bits per heavy atom. The summed E-state index contributed by atoms with van der Waals surface area (Å²) in [5.41, 5.74) is 0.645. The van der Waals surface area contributed by atoms with E-state index < -0.39 is 5.60 Å². The Hall–Kier alpha value is -1.36. The highest BCUT2D eigenvalue weighted by Gasteiger charge is 2.28. The second-order valence-electron chi connectivity index (χ2n) is 5.69. The quantitative estimate of drug-likeness (QED) is 0.855. The molecule has 2 atom stereocenters. The minimum atomic E-state index is -0.909. The highest BCUT2D eigenvalue weighted by Crippen LogP contribution is 2.23. The molecule has 1 heterocycles. The van der Waals surface area contributed by atoms with E-state index in [0.717, 1.165) is 11.3 Å². The highest BCUT2D eigenvalue weighted by atomic mass is 16.5. The monoisotopic (exact) mass is 268 g/mol. The van der Waals surface area contributed by atoms with Crippen LogP contribution in [0.5, 0.6) is 0 Å². The van der Waals surface area contributed by atoms with Crippen LogP contribution in [0.2, 0.25) is 0 Å². The van der Waals surface area contributed by atoms with E-state index in [-0.39, 0.29) is 24.3 Å². The zero-order valence-corrected chi connectivity index (χ0v) is 12.6. The largest absolute Gasteiger partial charge is 0.388 e. The maximum atomic E-state index is 12.1. The van der Waals surface area contributed by atoms with E-state index in [4.69, 9.17) is 4.52 Å². The summed E-state index contributed by atoms with van der Waals surface area (Å²) in [6, 6.07) is 0. The van der Waals surface area contributed by atoms with Crippen LogP contribution >= 0.6 is 0 Å². The second-order valence-corrected chi connectivity index (χ2v) is 5.69. The summed E-state index contributed by atoms with van der Waals surface area (Å²) < 4.78 is 5.07. The van der Waals surface area contributed by atoms with Crippen molar-refractivity contribution in [3.05, 3.63) is 17.0 Å². The van der Waals surface area contributed by atoms with Crippen molar-refractivity contribution in [3.8, 4) is 0 Å². The summed E-state index contributed by atoms with van der Waals surface area (Å²) >= 11 is 0. The molecule has 0 aliphatic carbocycles. The van der Waals surface area contributed by atoms with Gasteiger partial charge in [-0.3, -0.25) is 4.79 Å². The average Bonchev–Trinajstić information content (AvgIpc) is 2.65. The molecule has 0 aromatic carbocycles. The van der Waals surface area contributed by atoms with E-state index in [1.165, 1.54) is 0 Å². The summed E-state index contributed by atoms with van der Waals surface area (Å²) in [7, 11) is 0. The lowest BCUT2D eigenvalue weighted by molar-refractivity contribution is -0.123. The number of hydrogen-bond donors (Lipinski definition) is 2. The van der Waals surface area contributed by atoms with Gasteiger partial charge in [0.1, 0.15) is 5.76 Å². The van der Waals surface area contributed by atoms with Crippen molar-refractivity contribution in [2.24, 2.45) is 5.92 Å². The zero-order chi connectivity index (χ0) is 14.8. The van der Waals surface area contributed by atoms with Gasteiger partial charge in [-0.2, -0.15) is 0 Å². The number of carbonyl (C=O) groups is 1. The third-order valence-electron chi connectivity index (χ3n) is 3.78. The topological polar surface area (TPSA) is 75.4 Å². The summed E-state index contributed by atoms with van der Waals surface area (Å²) in [5, 5.41) is 16.8. The van der Waals surface area contributed by atoms with Crippen LogP contribution in [-0.4, -0.2) is 28.3 Å². The molecule has 0 spiro atoms. The molecule has 5 nitrogen and oxygen atoms in total. The molecule has 1 rings (SSSR count). The number of amides is 1. The lowest BCUT2D eigenvalue weighted by Crippen LogP contribution is -2.45. The van der Waals surface area contributed by atoms with E-state index >= 15 is 0 Å². The second kappa shape index (κ2) is 5.74. The van der Waals surface area contributed by atoms with Gasteiger partial charge in [0.2, 0.25) is 5.91 Å². The van der Waals surface area contributed by atoms with Gasteiger partial charge in [0, 0.05) is 12.1 Å². The first-order valence-corrected chi connectivity index (χ1v) is 6.59. The summed E-state index contributed by atoms with van der Waals surface area (Å²) in [4.78, 5) is 12.1. The van der Waals surface area contributed by atoms with Crippen LogP contribution in [0, 0.1) is 19.8 Å². The molecule has 5 heteroatoms. The Bertz CT molecular complexity index is 430. The zero-order valence-electron chi connectivity index (χ0n) is 12.6. The van der Waals surface area contributed by atoms with Gasteiger partial charge in [0.25, 0.3) is 0 Å². The van der Waals surface area contributed by atoms with Crippen molar-refractivity contribution in [3.63, 3.8) is 0 Å². The molecule has 1 aromatic rings. The first-order chi connectivity index (χ1) is 8.66. The summed E-state index contributed by atoms with van der Waals surface area (Å²) in [6.07, 6.45) is 0. The van der Waals surface area contributed by atoms with E-state index in [9.17, 15) is 9.90 Å². The van der Waals surface area contributed by atoms with Crippen molar-refractivity contribution < 1.29 is 14.4 Å². The molecule has 0 fully saturated rings. The molecular weight excluding hydrogens is 244 g/mol. The van der Waals surface area contributed by atoms with Crippen LogP contribution in [0.1, 0.15) is 50.6 Å². The minimum absolute atomic E-state index is 0.0715. The van der Waals surface area contributed by atoms with Crippen LogP contribution in [0.3, 0.4) is 0 Å². The molecule has 0 saturated carbocycles. The predicted molar refractivity (Wildman–Crippen MR) is 72.9 cm³/mol. The first kappa shape index (κ1) is 15.7. The lowest BCUT2D eigenvalue weighted by atomic mass is 9.92. The van der Waals surface area contributed by atoms with Crippen molar-refractivity contribution >= 4 is 5.91 Å². The number of carbonyl (C=O) groups excluding carboxylic acids is 1. The number of rotatable bonds is 5. The third-order valence-corrected chi connectivity index (χ3v) is 3.78. The van der Waals surface area contributed by atoms with Crippen molar-refractivity contribution in [1.29, 1.82) is 0 Å². The Morgan fingerprint density at radius 1 is 1.42 bits per heavy atom. The SMILES string of the molecule is Cc1noc(C)c1C(C)C(=O)NCC(C)(O)C(C)C. The smallest absolute Gasteiger partial charge is 0.227 e. The number of aliphatic hydroxyl groups is 1. The van der Waals surface area contributed by atoms with Gasteiger partial charge in [0.05, 0.1) is 17.2 Å². The molecule has 1 aromatic heterocycles. The van der Waals surface area contributed by atoms with Crippen LogP contribution in [-0.2, 0) is 4.79 Å². The summed E-state index contributed by atoms with van der Waals surface area (Å²) in [5.74, 6) is 0.266. The van der Waals surface area contributed by atoms with Crippen LogP contribution in [0.25, 0.3) is 0 Å². The first-order valence-electron chi connectivity index (χ1n) is 6.59. The molecule has 0 radical (unpaired) electrons. The van der Waals surface area contributed by atoms with Gasteiger partial charge in [-0.1, -0.05) is 19.0 Å². The molecule has 108 valence electrons. The third kappa shape index (κ3) is 3.56. The Labute approximate surface area is 114 Å². The Kier molecular flexibility index (Phi) is 4.74. The molecule has 19 heavy (non-hydrogen) atoms. The van der Waals surface area contributed by atoms with Gasteiger partial charge in [-0.15, -0.1) is 0 Å². The number of aryl methyl sites for hydroxylation is 2. The number of nitrogens with zero attached hydrogens (tertiary/aromatic N) is 1. The highest BCUT2D eigenvalue weighted by molar-refractivity contribution is 5.83. The number of aromatic nitrogens is 1. The average molecular weight is 268 g/mol. The van der Waals surface area contributed by atoms with E-state index in [0.29, 0.717) is 5.76 Å². The molecule has 0 saturated heterocycles. The minimum Gasteiger partial charge on any atom is -0.388 e. The maximum absolute atomic E-state index is 12.1. The van der Waals surface area contributed by atoms with E-state index in [1.54, 1.807) is 13.8 Å². The Morgan fingerprint density at radius 2 is 2.00 bits per heavy atom. The fraction of sp³-hybridized carbons (Fsp3) is 0.714. The molecule has 0 aliphatic rings. The Balaban J connectivity index is 2.70. The lowest BCUT2D eigenvalue weighted by Gasteiger charge is -2.28. The van der Waals surface area contributed by atoms with Gasteiger partial charge >= 0.3 is 0 Å². The molecule has 2 N–H and O–H groups in total. The van der Waals surface area contributed by atoms with Crippen LogP contribution in [0.15, 0.2) is 4.52 Å². The fourth-order valence-electron chi connectivity index (χ4n) is 1.86. The predicted octanol–water partition coefficient (Wildman–Crippen LogP) is 1.92. The van der Waals surface area contributed by atoms with E-state index in [1.807, 2.05) is 27.7 Å². The molecular formula is C14H24N2O3. The van der Waals surface area contributed by atoms with E-state index in [2.05, 4.69) is 10.5 Å². The standard InChI is InChI=1S/C14H24N2O3/c1-8(2)14(6,18)7-15-13(17)9(3)12-10(4)16-19-11(12)5/h8-9,18H,7H2,1-6H3,(H,15,17). The van der Waals surface area contributed by atoms with Gasteiger partial charge in [0.15, 0.2) is 0 Å². The molecule has 1 amide bonds. The molecule has 0 bridgehead atoms. The van der Waals surface area contributed by atoms with Crippen molar-refractivity contribution in [2.45, 2.75) is 53.1 Å². The van der Waals surface area contributed by atoms with Crippen LogP contribution in [0.4, 0.5) is 0 Å². The molecule has 2 unspecified atom stereocenters. The maximum Gasteiger partial charge on any atom is 0.227 e. The summed E-state index contributed by atoms with van der Waals surface area (Å²) in [6.45, 7) is 11.2. The van der Waals surface area contributed by atoms with Crippen LogP contribution < -0.4 is 5.32 Å². The van der Waals surface area contributed by atoms with Crippen molar-refractivity contribution in [2.75, 3.05) is 6.54 Å². The fourth-order valence-corrected chi connectivity index (χ4v) is 1.86. The van der Waals surface area contributed by atoms with Crippen molar-refractivity contribution in [1.82, 2.24) is 10.5 Å². The number of nitrogens with one attached hydrogen (secondary N) is 1. The van der Waals surface area contributed by atoms with Gasteiger partial charge in [-0.25, -0.2) is 0 Å². The van der Waals surface area contributed by atoms with Gasteiger partial charge in [-0.05, 0) is 33.6 Å². The number of hydrogen-bond acceptors (Lipinski definition) is 4. The normalized spacial score (nSPS) is 16.2.